The molecule has 154 valence electrons. The van der Waals surface area contributed by atoms with Crippen LogP contribution in [0.1, 0.15) is 26.4 Å². The third-order valence-electron chi connectivity index (χ3n) is 4.89. The Morgan fingerprint density at radius 3 is 2.57 bits per heavy atom. The maximum absolute atomic E-state index is 13.5. The van der Waals surface area contributed by atoms with Crippen LogP contribution < -0.4 is 10.2 Å². The predicted molar refractivity (Wildman–Crippen MR) is 111 cm³/mol. The second kappa shape index (κ2) is 8.23. The molecule has 4 rings (SSSR count). The van der Waals surface area contributed by atoms with E-state index in [9.17, 15) is 18.4 Å². The standard InChI is InChI=1S/C22H19F2N3O2S/c1-26-21-16(10-19(30-21)20(28)25-11-14-5-3-2-4-6-14)13-27(22(26)29)12-15-7-8-17(23)18(24)9-15/h2-10H,11-13H2,1H3,(H,25,28). The topological polar surface area (TPSA) is 52.7 Å². The van der Waals surface area contributed by atoms with Crippen LogP contribution in [0.3, 0.4) is 0 Å². The van der Waals surface area contributed by atoms with Crippen LogP contribution in [0.4, 0.5) is 18.6 Å². The Balaban J connectivity index is 1.48. The second-order valence-electron chi connectivity index (χ2n) is 7.06. The van der Waals surface area contributed by atoms with Crippen molar-refractivity contribution in [1.82, 2.24) is 10.2 Å². The number of nitrogens with one attached hydrogen (secondary N) is 1. The number of thiophene rings is 1. The third kappa shape index (κ3) is 4.04. The van der Waals surface area contributed by atoms with Crippen molar-refractivity contribution in [2.24, 2.45) is 0 Å². The number of amides is 3. The number of hydrogen-bond donors (Lipinski definition) is 1. The zero-order valence-electron chi connectivity index (χ0n) is 16.2. The van der Waals surface area contributed by atoms with E-state index in [1.807, 2.05) is 30.3 Å². The van der Waals surface area contributed by atoms with Crippen LogP contribution in [0.15, 0.2) is 54.6 Å². The molecule has 0 aliphatic carbocycles. The van der Waals surface area contributed by atoms with Crippen molar-refractivity contribution < 1.29 is 18.4 Å². The average molecular weight is 427 g/mol. The van der Waals surface area contributed by atoms with Gasteiger partial charge >= 0.3 is 6.03 Å². The molecule has 2 heterocycles. The summed E-state index contributed by atoms with van der Waals surface area (Å²) in [5, 5.41) is 3.60. The fourth-order valence-electron chi connectivity index (χ4n) is 3.35. The van der Waals surface area contributed by atoms with Crippen molar-refractivity contribution in [2.45, 2.75) is 19.6 Å². The lowest BCUT2D eigenvalue weighted by molar-refractivity contribution is 0.0955. The first-order valence-electron chi connectivity index (χ1n) is 9.34. The van der Waals surface area contributed by atoms with E-state index in [1.54, 1.807) is 13.1 Å². The molecule has 0 bridgehead atoms. The first kappa shape index (κ1) is 20.0. The van der Waals surface area contributed by atoms with E-state index in [2.05, 4.69) is 5.32 Å². The number of nitrogens with zero attached hydrogens (tertiary/aromatic N) is 2. The summed E-state index contributed by atoms with van der Waals surface area (Å²) in [4.78, 5) is 28.8. The first-order chi connectivity index (χ1) is 14.4. The molecular formula is C22H19F2N3O2S. The van der Waals surface area contributed by atoms with Crippen LogP contribution in [0.5, 0.6) is 0 Å². The Bertz CT molecular complexity index is 1100. The predicted octanol–water partition coefficient (Wildman–Crippen LogP) is 4.53. The molecule has 3 aromatic rings. The first-order valence-corrected chi connectivity index (χ1v) is 10.2. The molecular weight excluding hydrogens is 408 g/mol. The molecule has 1 aliphatic heterocycles. The smallest absolute Gasteiger partial charge is 0.325 e. The van der Waals surface area contributed by atoms with Gasteiger partial charge in [0.2, 0.25) is 0 Å². The zero-order chi connectivity index (χ0) is 21.3. The van der Waals surface area contributed by atoms with E-state index in [4.69, 9.17) is 0 Å². The number of rotatable bonds is 5. The molecule has 0 fully saturated rings. The summed E-state index contributed by atoms with van der Waals surface area (Å²) in [6.07, 6.45) is 0. The van der Waals surface area contributed by atoms with Crippen LogP contribution in [0.2, 0.25) is 0 Å². The second-order valence-corrected chi connectivity index (χ2v) is 8.09. The highest BCUT2D eigenvalue weighted by molar-refractivity contribution is 7.18. The molecule has 1 aromatic heterocycles. The van der Waals surface area contributed by atoms with Crippen LogP contribution in [0, 0.1) is 11.6 Å². The van der Waals surface area contributed by atoms with Gasteiger partial charge in [-0.25, -0.2) is 13.6 Å². The van der Waals surface area contributed by atoms with Gasteiger partial charge < -0.3 is 10.2 Å². The molecule has 0 spiro atoms. The van der Waals surface area contributed by atoms with Gasteiger partial charge in [0.1, 0.15) is 5.00 Å². The Morgan fingerprint density at radius 2 is 1.83 bits per heavy atom. The molecule has 2 aromatic carbocycles. The molecule has 1 aliphatic rings. The number of halogens is 2. The highest BCUT2D eigenvalue weighted by Crippen LogP contribution is 2.36. The van der Waals surface area contributed by atoms with E-state index in [0.717, 1.165) is 23.3 Å². The monoisotopic (exact) mass is 427 g/mol. The highest BCUT2D eigenvalue weighted by Gasteiger charge is 2.31. The Labute approximate surface area is 176 Å². The number of urea groups is 1. The molecule has 0 saturated heterocycles. The summed E-state index contributed by atoms with van der Waals surface area (Å²) in [6.45, 7) is 0.852. The number of hydrogen-bond acceptors (Lipinski definition) is 3. The van der Waals surface area contributed by atoms with Gasteiger partial charge in [0.05, 0.1) is 11.4 Å². The van der Waals surface area contributed by atoms with Gasteiger partial charge in [0.15, 0.2) is 11.6 Å². The molecule has 0 unspecified atom stereocenters. The summed E-state index contributed by atoms with van der Waals surface area (Å²) >= 11 is 1.26. The van der Waals surface area contributed by atoms with Gasteiger partial charge in [-0.2, -0.15) is 0 Å². The Kier molecular flexibility index (Phi) is 5.50. The maximum atomic E-state index is 13.5. The van der Waals surface area contributed by atoms with Crippen molar-refractivity contribution in [3.8, 4) is 0 Å². The van der Waals surface area contributed by atoms with E-state index in [1.165, 1.54) is 27.2 Å². The fraction of sp³-hybridized carbons (Fsp3) is 0.182. The van der Waals surface area contributed by atoms with E-state index < -0.39 is 11.6 Å². The summed E-state index contributed by atoms with van der Waals surface area (Å²) in [6, 6.07) is 14.7. The number of carbonyl (C=O) groups excluding carboxylic acids is 2. The van der Waals surface area contributed by atoms with Gasteiger partial charge in [0.25, 0.3) is 5.91 Å². The quantitative estimate of drug-likeness (QED) is 0.651. The molecule has 0 saturated carbocycles. The SMILES string of the molecule is CN1C(=O)N(Cc2ccc(F)c(F)c2)Cc2cc(C(=O)NCc3ccccc3)sc21. The molecule has 0 radical (unpaired) electrons. The summed E-state index contributed by atoms with van der Waals surface area (Å²) in [7, 11) is 1.64. The maximum Gasteiger partial charge on any atom is 0.325 e. The minimum atomic E-state index is -0.945. The summed E-state index contributed by atoms with van der Waals surface area (Å²) < 4.78 is 26.7. The van der Waals surface area contributed by atoms with Gasteiger partial charge in [-0.3, -0.25) is 9.69 Å². The Morgan fingerprint density at radius 1 is 1.07 bits per heavy atom. The van der Waals surface area contributed by atoms with Gasteiger partial charge in [0, 0.05) is 25.7 Å². The van der Waals surface area contributed by atoms with Crippen LogP contribution in [0.25, 0.3) is 0 Å². The third-order valence-corrected chi connectivity index (χ3v) is 6.14. The van der Waals surface area contributed by atoms with Gasteiger partial charge in [-0.05, 0) is 29.3 Å². The van der Waals surface area contributed by atoms with Crippen molar-refractivity contribution in [1.29, 1.82) is 0 Å². The highest BCUT2D eigenvalue weighted by atomic mass is 32.1. The largest absolute Gasteiger partial charge is 0.347 e. The zero-order valence-corrected chi connectivity index (χ0v) is 17.0. The van der Waals surface area contributed by atoms with Crippen LogP contribution in [-0.4, -0.2) is 23.9 Å². The van der Waals surface area contributed by atoms with E-state index in [0.29, 0.717) is 28.5 Å². The van der Waals surface area contributed by atoms with E-state index in [-0.39, 0.29) is 18.5 Å². The van der Waals surface area contributed by atoms with Crippen molar-refractivity contribution in [3.05, 3.63) is 87.8 Å². The molecule has 3 amide bonds. The molecule has 1 N–H and O–H groups in total. The van der Waals surface area contributed by atoms with Gasteiger partial charge in [-0.1, -0.05) is 36.4 Å². The van der Waals surface area contributed by atoms with E-state index >= 15 is 0 Å². The minimum Gasteiger partial charge on any atom is -0.347 e. The lowest BCUT2D eigenvalue weighted by Crippen LogP contribution is -2.43. The lowest BCUT2D eigenvalue weighted by Gasteiger charge is -2.33. The van der Waals surface area contributed by atoms with Crippen molar-refractivity contribution in [3.63, 3.8) is 0 Å². The van der Waals surface area contributed by atoms with Gasteiger partial charge in [-0.15, -0.1) is 11.3 Å². The number of carbonyl (C=O) groups is 2. The number of benzene rings is 2. The molecule has 0 atom stereocenters. The van der Waals surface area contributed by atoms with Crippen molar-refractivity contribution >= 4 is 28.3 Å². The summed E-state index contributed by atoms with van der Waals surface area (Å²) in [5.41, 5.74) is 2.34. The normalized spacial score (nSPS) is 13.4. The minimum absolute atomic E-state index is 0.144. The fourth-order valence-corrected chi connectivity index (χ4v) is 4.39. The van der Waals surface area contributed by atoms with Crippen LogP contribution >= 0.6 is 11.3 Å². The molecule has 5 nitrogen and oxygen atoms in total. The number of anilines is 1. The van der Waals surface area contributed by atoms with Crippen molar-refractivity contribution in [2.75, 3.05) is 11.9 Å². The molecule has 8 heteroatoms. The lowest BCUT2D eigenvalue weighted by atomic mass is 10.1. The summed E-state index contributed by atoms with van der Waals surface area (Å²) in [5.74, 6) is -2.07. The molecule has 30 heavy (non-hydrogen) atoms. The van der Waals surface area contributed by atoms with Crippen LogP contribution in [-0.2, 0) is 19.6 Å². The Hall–Kier alpha value is -3.26. The number of fused-ring (bicyclic) bond motifs is 1. The average Bonchev–Trinajstić information content (AvgIpc) is 3.18.